The Morgan fingerprint density at radius 3 is 2.44 bits per heavy atom. The molecule has 1 unspecified atom stereocenters. The van der Waals surface area contributed by atoms with Crippen molar-refractivity contribution in [3.8, 4) is 0 Å². The van der Waals surface area contributed by atoms with Gasteiger partial charge in [-0.05, 0) is 39.5 Å². The summed E-state index contributed by atoms with van der Waals surface area (Å²) in [5, 5.41) is 13.3. The molecule has 0 bridgehead atoms. The Labute approximate surface area is 110 Å². The van der Waals surface area contributed by atoms with Gasteiger partial charge in [-0.1, -0.05) is 19.3 Å². The number of hydrogen-bond acceptors (Lipinski definition) is 2. The number of urea groups is 1. The molecule has 0 spiro atoms. The van der Waals surface area contributed by atoms with Crippen LogP contribution in [-0.2, 0) is 0 Å². The molecule has 104 valence electrons. The fourth-order valence-electron chi connectivity index (χ4n) is 3.25. The number of hydrogen-bond donors (Lipinski definition) is 2. The molecule has 0 aromatic carbocycles. The third kappa shape index (κ3) is 3.16. The molecule has 4 nitrogen and oxygen atoms in total. The van der Waals surface area contributed by atoms with Crippen LogP contribution < -0.4 is 5.32 Å². The van der Waals surface area contributed by atoms with E-state index >= 15 is 0 Å². The molecule has 18 heavy (non-hydrogen) atoms. The molecule has 2 N–H and O–H groups in total. The van der Waals surface area contributed by atoms with Gasteiger partial charge in [0.05, 0.1) is 11.6 Å². The molecule has 1 aliphatic carbocycles. The lowest BCUT2D eigenvalue weighted by molar-refractivity contribution is 0.00929. The van der Waals surface area contributed by atoms with Crippen LogP contribution in [0.15, 0.2) is 0 Å². The van der Waals surface area contributed by atoms with Crippen molar-refractivity contribution in [2.75, 3.05) is 6.54 Å². The smallest absolute Gasteiger partial charge is 0.317 e. The second-order valence-corrected chi connectivity index (χ2v) is 6.29. The Kier molecular flexibility index (Phi) is 4.15. The Bertz CT molecular complexity index is 293. The largest absolute Gasteiger partial charge is 0.388 e. The van der Waals surface area contributed by atoms with Gasteiger partial charge in [0.25, 0.3) is 0 Å². The van der Waals surface area contributed by atoms with E-state index in [4.69, 9.17) is 0 Å². The number of rotatable bonds is 2. The maximum Gasteiger partial charge on any atom is 0.317 e. The molecule has 1 aliphatic heterocycles. The molecule has 1 atom stereocenters. The summed E-state index contributed by atoms with van der Waals surface area (Å²) in [6, 6.07) is 0.321. The normalized spacial score (nSPS) is 26.4. The van der Waals surface area contributed by atoms with Gasteiger partial charge in [-0.3, -0.25) is 0 Å². The van der Waals surface area contributed by atoms with Gasteiger partial charge in [0.15, 0.2) is 0 Å². The van der Waals surface area contributed by atoms with Gasteiger partial charge < -0.3 is 15.3 Å². The standard InChI is InChI=1S/C14H26N2O2/c1-14(2,18)12-9-6-10-16(12)13(17)15-11-7-4-3-5-8-11/h11-12,18H,3-10H2,1-2H3,(H,15,17). The molecule has 1 saturated heterocycles. The monoisotopic (exact) mass is 254 g/mol. The maximum absolute atomic E-state index is 12.3. The molecule has 1 saturated carbocycles. The summed E-state index contributed by atoms with van der Waals surface area (Å²) >= 11 is 0. The van der Waals surface area contributed by atoms with Crippen molar-refractivity contribution >= 4 is 6.03 Å². The first-order valence-corrected chi connectivity index (χ1v) is 7.28. The first-order valence-electron chi connectivity index (χ1n) is 7.28. The summed E-state index contributed by atoms with van der Waals surface area (Å²) in [5.74, 6) is 0. The van der Waals surface area contributed by atoms with Crippen molar-refractivity contribution in [3.63, 3.8) is 0 Å². The lowest BCUT2D eigenvalue weighted by Crippen LogP contribution is -2.53. The minimum atomic E-state index is -0.805. The summed E-state index contributed by atoms with van der Waals surface area (Å²) < 4.78 is 0. The van der Waals surface area contributed by atoms with Crippen LogP contribution in [0.4, 0.5) is 4.79 Å². The minimum absolute atomic E-state index is 0.0199. The van der Waals surface area contributed by atoms with E-state index in [-0.39, 0.29) is 12.1 Å². The van der Waals surface area contributed by atoms with E-state index in [0.29, 0.717) is 6.04 Å². The third-order valence-electron chi connectivity index (χ3n) is 4.26. The highest BCUT2D eigenvalue weighted by Crippen LogP contribution is 2.27. The fraction of sp³-hybridized carbons (Fsp3) is 0.929. The Hall–Kier alpha value is -0.770. The van der Waals surface area contributed by atoms with Gasteiger partial charge in [-0.25, -0.2) is 4.79 Å². The zero-order chi connectivity index (χ0) is 13.2. The zero-order valence-corrected chi connectivity index (χ0v) is 11.6. The van der Waals surface area contributed by atoms with Crippen molar-refractivity contribution in [2.24, 2.45) is 0 Å². The summed E-state index contributed by atoms with van der Waals surface area (Å²) in [7, 11) is 0. The number of carbonyl (C=O) groups is 1. The minimum Gasteiger partial charge on any atom is -0.388 e. The SMILES string of the molecule is CC(C)(O)C1CCCN1C(=O)NC1CCCCC1. The summed E-state index contributed by atoms with van der Waals surface area (Å²) in [5.41, 5.74) is -0.805. The lowest BCUT2D eigenvalue weighted by atomic mass is 9.95. The molecule has 4 heteroatoms. The van der Waals surface area contributed by atoms with Gasteiger partial charge in [0, 0.05) is 12.6 Å². The quantitative estimate of drug-likeness (QED) is 0.794. The molecular weight excluding hydrogens is 228 g/mol. The molecule has 1 heterocycles. The molecule has 2 fully saturated rings. The molecule has 0 radical (unpaired) electrons. The van der Waals surface area contributed by atoms with Crippen LogP contribution in [0.25, 0.3) is 0 Å². The topological polar surface area (TPSA) is 52.6 Å². The van der Waals surface area contributed by atoms with E-state index in [0.717, 1.165) is 32.2 Å². The first-order chi connectivity index (χ1) is 8.48. The zero-order valence-electron chi connectivity index (χ0n) is 11.6. The summed E-state index contributed by atoms with van der Waals surface area (Å²) in [4.78, 5) is 14.1. The molecule has 2 aliphatic rings. The third-order valence-corrected chi connectivity index (χ3v) is 4.26. The Balaban J connectivity index is 1.91. The van der Waals surface area contributed by atoms with E-state index in [1.165, 1.54) is 19.3 Å². The van der Waals surface area contributed by atoms with Gasteiger partial charge in [-0.2, -0.15) is 0 Å². The predicted octanol–water partition coefficient (Wildman–Crippen LogP) is 2.26. The van der Waals surface area contributed by atoms with Crippen molar-refractivity contribution in [1.82, 2.24) is 10.2 Å². The van der Waals surface area contributed by atoms with E-state index in [1.54, 1.807) is 13.8 Å². The number of amides is 2. The van der Waals surface area contributed by atoms with Crippen molar-refractivity contribution in [3.05, 3.63) is 0 Å². The fourth-order valence-corrected chi connectivity index (χ4v) is 3.25. The molecular formula is C14H26N2O2. The van der Waals surface area contributed by atoms with Crippen LogP contribution >= 0.6 is 0 Å². The number of aliphatic hydroxyl groups is 1. The average molecular weight is 254 g/mol. The van der Waals surface area contributed by atoms with Crippen LogP contribution in [0, 0.1) is 0 Å². The van der Waals surface area contributed by atoms with Crippen LogP contribution in [0.3, 0.4) is 0 Å². The molecule has 0 aromatic heterocycles. The Morgan fingerprint density at radius 2 is 1.83 bits per heavy atom. The summed E-state index contributed by atoms with van der Waals surface area (Å²) in [6.45, 7) is 4.36. The second kappa shape index (κ2) is 5.47. The van der Waals surface area contributed by atoms with Crippen LogP contribution in [0.1, 0.15) is 58.8 Å². The van der Waals surface area contributed by atoms with Crippen molar-refractivity contribution < 1.29 is 9.90 Å². The molecule has 2 amide bonds. The Morgan fingerprint density at radius 1 is 1.17 bits per heavy atom. The number of carbonyl (C=O) groups excluding carboxylic acids is 1. The van der Waals surface area contributed by atoms with E-state index < -0.39 is 5.60 Å². The highest BCUT2D eigenvalue weighted by Gasteiger charge is 2.38. The predicted molar refractivity (Wildman–Crippen MR) is 71.4 cm³/mol. The van der Waals surface area contributed by atoms with Gasteiger partial charge in [0.2, 0.25) is 0 Å². The summed E-state index contributed by atoms with van der Waals surface area (Å²) in [6.07, 6.45) is 7.84. The van der Waals surface area contributed by atoms with Gasteiger partial charge >= 0.3 is 6.03 Å². The second-order valence-electron chi connectivity index (χ2n) is 6.29. The van der Waals surface area contributed by atoms with Crippen LogP contribution in [0.5, 0.6) is 0 Å². The lowest BCUT2D eigenvalue weighted by Gasteiger charge is -2.35. The van der Waals surface area contributed by atoms with E-state index in [2.05, 4.69) is 5.32 Å². The first kappa shape index (κ1) is 13.7. The van der Waals surface area contributed by atoms with E-state index in [9.17, 15) is 9.90 Å². The molecule has 2 rings (SSSR count). The number of likely N-dealkylation sites (tertiary alicyclic amines) is 1. The highest BCUT2D eigenvalue weighted by molar-refractivity contribution is 5.75. The maximum atomic E-state index is 12.3. The van der Waals surface area contributed by atoms with Gasteiger partial charge in [0.1, 0.15) is 0 Å². The number of nitrogens with one attached hydrogen (secondary N) is 1. The van der Waals surface area contributed by atoms with Crippen LogP contribution in [-0.4, -0.2) is 40.3 Å². The van der Waals surface area contributed by atoms with Crippen molar-refractivity contribution in [1.29, 1.82) is 0 Å². The van der Waals surface area contributed by atoms with Crippen LogP contribution in [0.2, 0.25) is 0 Å². The number of nitrogens with zero attached hydrogens (tertiary/aromatic N) is 1. The molecule has 0 aromatic rings. The van der Waals surface area contributed by atoms with Crippen molar-refractivity contribution in [2.45, 2.75) is 76.5 Å². The van der Waals surface area contributed by atoms with Gasteiger partial charge in [-0.15, -0.1) is 0 Å². The highest BCUT2D eigenvalue weighted by atomic mass is 16.3. The van der Waals surface area contributed by atoms with E-state index in [1.807, 2.05) is 4.90 Å². The average Bonchev–Trinajstić information content (AvgIpc) is 2.79.